The lowest BCUT2D eigenvalue weighted by atomic mass is 10.2. The second-order valence-electron chi connectivity index (χ2n) is 4.20. The summed E-state index contributed by atoms with van der Waals surface area (Å²) in [5, 5.41) is 11.6. The number of benzene rings is 2. The van der Waals surface area contributed by atoms with Gasteiger partial charge in [0.1, 0.15) is 12.5 Å². The van der Waals surface area contributed by atoms with E-state index in [2.05, 4.69) is 0 Å². The molecule has 19 heavy (non-hydrogen) atoms. The lowest BCUT2D eigenvalue weighted by Crippen LogP contribution is -2.24. The first kappa shape index (κ1) is 12.5. The van der Waals surface area contributed by atoms with Crippen LogP contribution in [0.5, 0.6) is 0 Å². The molecule has 0 saturated heterocycles. The molecule has 1 N–H and O–H groups in total. The molecule has 0 atom stereocenters. The molecule has 0 radical (unpaired) electrons. The number of halogens is 3. The first-order valence-corrected chi connectivity index (χ1v) is 6.30. The highest BCUT2D eigenvalue weighted by Gasteiger charge is 2.26. The highest BCUT2D eigenvalue weighted by Crippen LogP contribution is 2.41. The zero-order valence-corrected chi connectivity index (χ0v) is 11.2. The number of hydrogen-bond acceptors (Lipinski definition) is 3. The molecule has 2 aromatic rings. The third-order valence-corrected chi connectivity index (χ3v) is 3.52. The van der Waals surface area contributed by atoms with Crippen LogP contribution in [-0.4, -0.2) is 11.9 Å². The summed E-state index contributed by atoms with van der Waals surface area (Å²) in [5.41, 5.74) is 2.08. The Kier molecular flexibility index (Phi) is 3.01. The number of rotatable bonds is 1. The first-order chi connectivity index (χ1) is 9.06. The lowest BCUT2D eigenvalue weighted by Gasteiger charge is -2.19. The van der Waals surface area contributed by atoms with Crippen molar-refractivity contribution in [2.45, 2.75) is 0 Å². The van der Waals surface area contributed by atoms with E-state index in [1.807, 2.05) is 0 Å². The maximum Gasteiger partial charge on any atom is 0.141 e. The Balaban J connectivity index is 2.08. The summed E-state index contributed by atoms with van der Waals surface area (Å²) in [5.74, 6) is -0.475. The monoisotopic (exact) mass is 298 g/mol. The quantitative estimate of drug-likeness (QED) is 0.843. The fraction of sp³-hybridized carbons (Fsp3) is 0.0769. The van der Waals surface area contributed by atoms with E-state index in [4.69, 9.17) is 23.2 Å². The smallest absolute Gasteiger partial charge is 0.141 e. The topological polar surface area (TPSA) is 26.7 Å². The Morgan fingerprint density at radius 2 is 1.84 bits per heavy atom. The van der Waals surface area contributed by atoms with Crippen molar-refractivity contribution in [2.75, 3.05) is 16.6 Å². The minimum Gasteiger partial charge on any atom is -0.319 e. The number of anilines is 3. The van der Waals surface area contributed by atoms with Gasteiger partial charge in [0.15, 0.2) is 0 Å². The van der Waals surface area contributed by atoms with Crippen LogP contribution in [0.25, 0.3) is 0 Å². The summed E-state index contributed by atoms with van der Waals surface area (Å²) in [6.07, 6.45) is 0. The molecule has 0 unspecified atom stereocenters. The number of fused-ring (bicyclic) bond motifs is 1. The largest absolute Gasteiger partial charge is 0.319 e. The maximum absolute atomic E-state index is 13.2. The molecule has 0 amide bonds. The van der Waals surface area contributed by atoms with Crippen molar-refractivity contribution in [3.05, 3.63) is 52.3 Å². The molecule has 3 nitrogen and oxygen atoms in total. The molecule has 1 aliphatic heterocycles. The third kappa shape index (κ3) is 2.12. The molecule has 0 fully saturated rings. The van der Waals surface area contributed by atoms with Gasteiger partial charge < -0.3 is 4.90 Å². The highest BCUT2D eigenvalue weighted by atomic mass is 35.5. The molecule has 0 aliphatic carbocycles. The van der Waals surface area contributed by atoms with Gasteiger partial charge in [0.2, 0.25) is 0 Å². The van der Waals surface area contributed by atoms with E-state index in [-0.39, 0.29) is 11.7 Å². The second kappa shape index (κ2) is 4.56. The molecule has 1 aliphatic rings. The van der Waals surface area contributed by atoms with E-state index >= 15 is 0 Å². The van der Waals surface area contributed by atoms with Crippen LogP contribution < -0.4 is 9.96 Å². The van der Waals surface area contributed by atoms with Gasteiger partial charge in [-0.2, -0.15) is 0 Å². The van der Waals surface area contributed by atoms with Gasteiger partial charge in [0, 0.05) is 10.7 Å². The Hall–Kier alpha value is -1.49. The van der Waals surface area contributed by atoms with Crippen LogP contribution in [0, 0.1) is 5.82 Å². The van der Waals surface area contributed by atoms with E-state index in [0.717, 1.165) is 10.8 Å². The molecule has 0 spiro atoms. The molecule has 0 saturated carbocycles. The zero-order chi connectivity index (χ0) is 13.6. The lowest BCUT2D eigenvalue weighted by molar-refractivity contribution is 0.264. The van der Waals surface area contributed by atoms with E-state index in [0.29, 0.717) is 16.4 Å². The molecule has 98 valence electrons. The summed E-state index contributed by atoms with van der Waals surface area (Å²) < 4.78 is 13.2. The summed E-state index contributed by atoms with van der Waals surface area (Å²) >= 11 is 11.8. The second-order valence-corrected chi connectivity index (χ2v) is 5.04. The van der Waals surface area contributed by atoms with Gasteiger partial charge in [-0.1, -0.05) is 23.2 Å². The average Bonchev–Trinajstić information content (AvgIpc) is 2.70. The van der Waals surface area contributed by atoms with E-state index < -0.39 is 5.82 Å². The number of hydrogen-bond donors (Lipinski definition) is 1. The summed E-state index contributed by atoms with van der Waals surface area (Å²) in [6.45, 7) is 0.234. The zero-order valence-electron chi connectivity index (χ0n) is 9.65. The van der Waals surface area contributed by atoms with Crippen molar-refractivity contribution >= 4 is 40.3 Å². The van der Waals surface area contributed by atoms with Gasteiger partial charge in [-0.3, -0.25) is 5.21 Å². The van der Waals surface area contributed by atoms with Crippen LogP contribution >= 0.6 is 23.2 Å². The minimum absolute atomic E-state index is 0.0393. The molecule has 3 rings (SSSR count). The molecule has 2 aromatic carbocycles. The van der Waals surface area contributed by atoms with E-state index in [1.165, 1.54) is 12.1 Å². The molecule has 1 heterocycles. The van der Waals surface area contributed by atoms with Crippen molar-refractivity contribution in [3.8, 4) is 0 Å². The summed E-state index contributed by atoms with van der Waals surface area (Å²) in [7, 11) is 0. The van der Waals surface area contributed by atoms with Crippen LogP contribution in [0.3, 0.4) is 0 Å². The van der Waals surface area contributed by atoms with Crippen molar-refractivity contribution in [3.63, 3.8) is 0 Å². The summed E-state index contributed by atoms with van der Waals surface area (Å²) in [6, 6.07) is 9.58. The molecule has 0 aromatic heterocycles. The van der Waals surface area contributed by atoms with Gasteiger partial charge in [-0.15, -0.1) is 0 Å². The fourth-order valence-electron chi connectivity index (χ4n) is 2.09. The molecular weight excluding hydrogens is 290 g/mol. The van der Waals surface area contributed by atoms with E-state index in [1.54, 1.807) is 29.2 Å². The first-order valence-electron chi connectivity index (χ1n) is 5.55. The van der Waals surface area contributed by atoms with Gasteiger partial charge in [-0.05, 0) is 36.4 Å². The van der Waals surface area contributed by atoms with Gasteiger partial charge in [-0.25, -0.2) is 9.45 Å². The SMILES string of the molecule is ON1CN(c2ccc(F)c(Cl)c2)c2cc(Cl)ccc21. The minimum atomic E-state index is -0.475. The Bertz CT molecular complexity index is 651. The van der Waals surface area contributed by atoms with Crippen molar-refractivity contribution < 1.29 is 9.60 Å². The molecular formula is C13H9Cl2FN2O. The Morgan fingerprint density at radius 3 is 2.58 bits per heavy atom. The van der Waals surface area contributed by atoms with Crippen molar-refractivity contribution in [2.24, 2.45) is 0 Å². The predicted molar refractivity (Wildman–Crippen MR) is 74.1 cm³/mol. The number of hydroxylamine groups is 1. The normalized spacial score (nSPS) is 13.9. The Morgan fingerprint density at radius 1 is 1.05 bits per heavy atom. The Labute approximate surface area is 119 Å². The average molecular weight is 299 g/mol. The highest BCUT2D eigenvalue weighted by molar-refractivity contribution is 6.31. The predicted octanol–water partition coefficient (Wildman–Crippen LogP) is 4.44. The van der Waals surface area contributed by atoms with Crippen molar-refractivity contribution in [1.82, 2.24) is 0 Å². The van der Waals surface area contributed by atoms with Crippen LogP contribution in [-0.2, 0) is 0 Å². The van der Waals surface area contributed by atoms with Gasteiger partial charge in [0.05, 0.1) is 16.4 Å². The van der Waals surface area contributed by atoms with Gasteiger partial charge in [0.25, 0.3) is 0 Å². The van der Waals surface area contributed by atoms with Crippen LogP contribution in [0.1, 0.15) is 0 Å². The summed E-state index contributed by atoms with van der Waals surface area (Å²) in [4.78, 5) is 1.80. The van der Waals surface area contributed by atoms with Crippen molar-refractivity contribution in [1.29, 1.82) is 0 Å². The van der Waals surface area contributed by atoms with Crippen LogP contribution in [0.15, 0.2) is 36.4 Å². The van der Waals surface area contributed by atoms with Gasteiger partial charge >= 0.3 is 0 Å². The third-order valence-electron chi connectivity index (χ3n) is 3.00. The molecule has 6 heteroatoms. The maximum atomic E-state index is 13.2. The fourth-order valence-corrected chi connectivity index (χ4v) is 2.43. The number of nitrogens with zero attached hydrogens (tertiary/aromatic N) is 2. The van der Waals surface area contributed by atoms with Crippen LogP contribution in [0.4, 0.5) is 21.5 Å². The molecule has 0 bridgehead atoms. The van der Waals surface area contributed by atoms with Crippen LogP contribution in [0.2, 0.25) is 10.0 Å². The standard InChI is InChI=1S/C13H9Cl2FN2O/c14-8-1-4-12-13(5-8)17(7-18(12)19)9-2-3-11(16)10(15)6-9/h1-6,19H,7H2. The van der Waals surface area contributed by atoms with E-state index in [9.17, 15) is 9.60 Å².